The van der Waals surface area contributed by atoms with Gasteiger partial charge in [-0.2, -0.15) is 5.10 Å². The van der Waals surface area contributed by atoms with Gasteiger partial charge in [0.25, 0.3) is 5.91 Å². The third-order valence-corrected chi connectivity index (χ3v) is 2.17. The van der Waals surface area contributed by atoms with Crippen molar-refractivity contribution in [2.45, 2.75) is 0 Å². The fourth-order valence-electron chi connectivity index (χ4n) is 1.33. The van der Waals surface area contributed by atoms with E-state index in [0.29, 0.717) is 11.1 Å². The van der Waals surface area contributed by atoms with Crippen molar-refractivity contribution in [2.24, 2.45) is 5.10 Å². The Bertz CT molecular complexity index is 567. The van der Waals surface area contributed by atoms with Gasteiger partial charge in [0.1, 0.15) is 5.75 Å². The van der Waals surface area contributed by atoms with Crippen LogP contribution in [0.4, 0.5) is 0 Å². The number of nitrogens with one attached hydrogen (secondary N) is 1. The van der Waals surface area contributed by atoms with Gasteiger partial charge < -0.3 is 5.11 Å². The van der Waals surface area contributed by atoms with E-state index >= 15 is 0 Å². The van der Waals surface area contributed by atoms with Gasteiger partial charge in [0, 0.05) is 12.4 Å². The molecule has 0 atom stereocenters. The summed E-state index contributed by atoms with van der Waals surface area (Å²) in [6, 6.07) is 9.88. The van der Waals surface area contributed by atoms with Crippen molar-refractivity contribution in [1.29, 1.82) is 0 Å². The van der Waals surface area contributed by atoms with Crippen molar-refractivity contribution in [1.82, 2.24) is 10.4 Å². The zero-order valence-corrected chi connectivity index (χ0v) is 9.45. The Morgan fingerprint density at radius 1 is 1.33 bits per heavy atom. The Kier molecular flexibility index (Phi) is 3.66. The largest absolute Gasteiger partial charge is 0.508 e. The summed E-state index contributed by atoms with van der Waals surface area (Å²) in [5, 5.41) is 13.0. The first-order valence-electron chi connectivity index (χ1n) is 5.28. The number of hydrogen-bond donors (Lipinski definition) is 2. The number of phenolic OH excluding ortho intramolecular Hbond substituents is 1. The van der Waals surface area contributed by atoms with Gasteiger partial charge in [0.2, 0.25) is 0 Å². The summed E-state index contributed by atoms with van der Waals surface area (Å²) in [5.41, 5.74) is 3.51. The number of benzene rings is 1. The van der Waals surface area contributed by atoms with Crippen LogP contribution in [0.25, 0.3) is 0 Å². The van der Waals surface area contributed by atoms with Crippen LogP contribution in [0.1, 0.15) is 15.9 Å². The average molecular weight is 241 g/mol. The molecule has 2 N–H and O–H groups in total. The number of amides is 1. The standard InChI is InChI=1S/C13H11N3O2/c17-12-5-1-3-10(7-12)8-15-16-13(18)11-4-2-6-14-9-11/h1-9,17H,(H,16,18)/b15-8+. The Hall–Kier alpha value is -2.69. The first-order chi connectivity index (χ1) is 8.75. The highest BCUT2D eigenvalue weighted by Crippen LogP contribution is 2.08. The Balaban J connectivity index is 1.98. The molecule has 1 heterocycles. The number of aromatic nitrogens is 1. The van der Waals surface area contributed by atoms with Gasteiger partial charge in [0.15, 0.2) is 0 Å². The number of hydrazone groups is 1. The van der Waals surface area contributed by atoms with Crippen LogP contribution in [0.15, 0.2) is 53.9 Å². The lowest BCUT2D eigenvalue weighted by molar-refractivity contribution is 0.0955. The van der Waals surface area contributed by atoms with E-state index in [9.17, 15) is 9.90 Å². The van der Waals surface area contributed by atoms with Crippen LogP contribution in [0, 0.1) is 0 Å². The Morgan fingerprint density at radius 3 is 2.94 bits per heavy atom. The van der Waals surface area contributed by atoms with Gasteiger partial charge in [-0.05, 0) is 29.8 Å². The highest BCUT2D eigenvalue weighted by Gasteiger charge is 2.02. The Labute approximate surface area is 104 Å². The second kappa shape index (κ2) is 5.58. The fraction of sp³-hybridized carbons (Fsp3) is 0. The third kappa shape index (κ3) is 3.15. The maximum absolute atomic E-state index is 11.6. The summed E-state index contributed by atoms with van der Waals surface area (Å²) < 4.78 is 0. The molecule has 18 heavy (non-hydrogen) atoms. The van der Waals surface area contributed by atoms with Gasteiger partial charge in [-0.25, -0.2) is 5.43 Å². The average Bonchev–Trinajstić information content (AvgIpc) is 2.40. The van der Waals surface area contributed by atoms with E-state index in [1.807, 2.05) is 0 Å². The molecule has 90 valence electrons. The first kappa shape index (κ1) is 11.8. The number of carbonyl (C=O) groups is 1. The highest BCUT2D eigenvalue weighted by molar-refractivity contribution is 5.94. The van der Waals surface area contributed by atoms with Gasteiger partial charge in [0.05, 0.1) is 11.8 Å². The normalized spacial score (nSPS) is 10.4. The van der Waals surface area contributed by atoms with E-state index in [4.69, 9.17) is 0 Å². The minimum atomic E-state index is -0.334. The van der Waals surface area contributed by atoms with Gasteiger partial charge in [-0.3, -0.25) is 9.78 Å². The van der Waals surface area contributed by atoms with Crippen LogP contribution in [-0.2, 0) is 0 Å². The van der Waals surface area contributed by atoms with Crippen LogP contribution in [-0.4, -0.2) is 22.2 Å². The fourth-order valence-corrected chi connectivity index (χ4v) is 1.33. The minimum Gasteiger partial charge on any atom is -0.508 e. The molecule has 2 aromatic rings. The molecule has 0 spiro atoms. The summed E-state index contributed by atoms with van der Waals surface area (Å²) >= 11 is 0. The van der Waals surface area contributed by atoms with E-state index < -0.39 is 0 Å². The van der Waals surface area contributed by atoms with Gasteiger partial charge in [-0.1, -0.05) is 12.1 Å². The number of rotatable bonds is 3. The lowest BCUT2D eigenvalue weighted by atomic mass is 10.2. The van der Waals surface area contributed by atoms with Crippen LogP contribution >= 0.6 is 0 Å². The van der Waals surface area contributed by atoms with Crippen LogP contribution in [0.5, 0.6) is 5.75 Å². The molecule has 1 aromatic heterocycles. The van der Waals surface area contributed by atoms with Crippen molar-refractivity contribution in [3.05, 3.63) is 59.9 Å². The van der Waals surface area contributed by atoms with Crippen molar-refractivity contribution < 1.29 is 9.90 Å². The number of carbonyl (C=O) groups excluding carboxylic acids is 1. The maximum atomic E-state index is 11.6. The van der Waals surface area contributed by atoms with Crippen molar-refractivity contribution >= 4 is 12.1 Å². The molecule has 5 nitrogen and oxygen atoms in total. The van der Waals surface area contributed by atoms with Crippen molar-refractivity contribution in [2.75, 3.05) is 0 Å². The Morgan fingerprint density at radius 2 is 2.22 bits per heavy atom. The molecule has 0 aliphatic heterocycles. The monoisotopic (exact) mass is 241 g/mol. The van der Waals surface area contributed by atoms with Crippen LogP contribution in [0.3, 0.4) is 0 Å². The number of pyridine rings is 1. The molecule has 0 aliphatic carbocycles. The third-order valence-electron chi connectivity index (χ3n) is 2.17. The summed E-state index contributed by atoms with van der Waals surface area (Å²) in [4.78, 5) is 15.4. The number of phenols is 1. The van der Waals surface area contributed by atoms with E-state index in [-0.39, 0.29) is 11.7 Å². The zero-order valence-electron chi connectivity index (χ0n) is 9.45. The molecule has 2 rings (SSSR count). The molecule has 5 heteroatoms. The summed E-state index contributed by atoms with van der Waals surface area (Å²) in [5.74, 6) is -0.183. The molecule has 0 saturated carbocycles. The molecule has 0 unspecified atom stereocenters. The maximum Gasteiger partial charge on any atom is 0.272 e. The molecule has 0 fully saturated rings. The molecule has 0 saturated heterocycles. The molecular weight excluding hydrogens is 230 g/mol. The van der Waals surface area contributed by atoms with Crippen molar-refractivity contribution in [3.63, 3.8) is 0 Å². The topological polar surface area (TPSA) is 74.6 Å². The smallest absolute Gasteiger partial charge is 0.272 e. The molecule has 0 radical (unpaired) electrons. The van der Waals surface area contributed by atoms with E-state index in [0.717, 1.165) is 0 Å². The van der Waals surface area contributed by atoms with Gasteiger partial charge in [-0.15, -0.1) is 0 Å². The molecule has 1 aromatic carbocycles. The first-order valence-corrected chi connectivity index (χ1v) is 5.28. The lowest BCUT2D eigenvalue weighted by Crippen LogP contribution is -2.17. The van der Waals surface area contributed by atoms with E-state index in [1.165, 1.54) is 12.4 Å². The predicted octanol–water partition coefficient (Wildman–Crippen LogP) is 1.55. The van der Waals surface area contributed by atoms with E-state index in [2.05, 4.69) is 15.5 Å². The SMILES string of the molecule is O=C(N/N=C/c1cccc(O)c1)c1cccnc1. The quantitative estimate of drug-likeness (QED) is 0.632. The second-order valence-corrected chi connectivity index (χ2v) is 3.54. The molecule has 0 aliphatic rings. The zero-order chi connectivity index (χ0) is 12.8. The highest BCUT2D eigenvalue weighted by atomic mass is 16.3. The summed E-state index contributed by atoms with van der Waals surface area (Å²) in [6.45, 7) is 0. The van der Waals surface area contributed by atoms with Crippen LogP contribution < -0.4 is 5.43 Å². The molecule has 1 amide bonds. The summed E-state index contributed by atoms with van der Waals surface area (Å²) in [7, 11) is 0. The van der Waals surface area contributed by atoms with Crippen LogP contribution in [0.2, 0.25) is 0 Å². The lowest BCUT2D eigenvalue weighted by Gasteiger charge is -1.98. The number of hydrogen-bond acceptors (Lipinski definition) is 4. The van der Waals surface area contributed by atoms with E-state index in [1.54, 1.807) is 42.6 Å². The molecular formula is C13H11N3O2. The van der Waals surface area contributed by atoms with Gasteiger partial charge >= 0.3 is 0 Å². The number of aromatic hydroxyl groups is 1. The van der Waals surface area contributed by atoms with Crippen molar-refractivity contribution in [3.8, 4) is 5.75 Å². The second-order valence-electron chi connectivity index (χ2n) is 3.54. The minimum absolute atomic E-state index is 0.150. The number of nitrogens with zero attached hydrogens (tertiary/aromatic N) is 2. The predicted molar refractivity (Wildman–Crippen MR) is 67.4 cm³/mol. The molecule has 0 bridgehead atoms. The summed E-state index contributed by atoms with van der Waals surface area (Å²) in [6.07, 6.45) is 4.50.